The Morgan fingerprint density at radius 3 is 1.08 bits per heavy atom. The van der Waals surface area contributed by atoms with Gasteiger partial charge in [0.05, 0.1) is 22.8 Å². The molecule has 0 N–H and O–H groups in total. The van der Waals surface area contributed by atoms with Crippen LogP contribution in [0.4, 0.5) is 11.4 Å². The summed E-state index contributed by atoms with van der Waals surface area (Å²) in [6, 6.07) is 17.6. The number of nitrogens with zero attached hydrogens (tertiary/aromatic N) is 2. The molecule has 0 aliphatic rings. The second-order valence-corrected chi connectivity index (χ2v) is 17.5. The summed E-state index contributed by atoms with van der Waals surface area (Å²) in [4.78, 5) is 12.8. The minimum atomic E-state index is 0.435. The van der Waals surface area contributed by atoms with Crippen molar-refractivity contribution in [3.63, 3.8) is 0 Å². The third-order valence-electron chi connectivity index (χ3n) is 6.56. The summed E-state index contributed by atoms with van der Waals surface area (Å²) in [5, 5.41) is 0. The van der Waals surface area contributed by atoms with Gasteiger partial charge in [-0.15, -0.1) is 11.3 Å². The Hall–Kier alpha value is -1.04. The zero-order valence-corrected chi connectivity index (χ0v) is 29.4. The number of thiophene rings is 1. The Kier molecular flexibility index (Phi) is 13.7. The monoisotopic (exact) mass is 700 g/mol. The number of halogens is 2. The molecule has 2 nitrogen and oxygen atoms in total. The van der Waals surface area contributed by atoms with Crippen LogP contribution in [0.5, 0.6) is 0 Å². The van der Waals surface area contributed by atoms with Crippen molar-refractivity contribution in [3.05, 3.63) is 80.5 Å². The van der Waals surface area contributed by atoms with E-state index >= 15 is 0 Å². The topological polar surface area (TPSA) is 24.7 Å². The molecule has 1 heterocycles. The Morgan fingerprint density at radius 1 is 0.579 bits per heavy atom. The Labute approximate surface area is 255 Å². The molecule has 38 heavy (non-hydrogen) atoms. The molecule has 3 aromatic rings. The molecule has 3 rings (SSSR count). The summed E-state index contributed by atoms with van der Waals surface area (Å²) < 4.78 is 0. The first kappa shape index (κ1) is 33.2. The van der Waals surface area contributed by atoms with E-state index in [0.29, 0.717) is 23.7 Å². The summed E-state index contributed by atoms with van der Waals surface area (Å²) in [6.07, 6.45) is 0. The third-order valence-corrected chi connectivity index (χ3v) is 7.87. The van der Waals surface area contributed by atoms with E-state index in [9.17, 15) is 0 Å². The second-order valence-electron chi connectivity index (χ2n) is 10.8. The van der Waals surface area contributed by atoms with Crippen LogP contribution in [0.25, 0.3) is 0 Å². The van der Waals surface area contributed by atoms with E-state index in [1.165, 1.54) is 32.0 Å². The van der Waals surface area contributed by atoms with Crippen molar-refractivity contribution in [2.75, 3.05) is 0 Å². The van der Waals surface area contributed by atoms with Gasteiger partial charge in [-0.1, -0.05) is 91.8 Å². The maximum absolute atomic E-state index is 5.19. The summed E-state index contributed by atoms with van der Waals surface area (Å²) in [7, 11) is 0. The molecule has 6 heteroatoms. The molecular formula is C32H42Br2FeN2S. The van der Waals surface area contributed by atoms with Gasteiger partial charge in [-0.3, -0.25) is 9.98 Å². The maximum atomic E-state index is 5.19. The minimum absolute atomic E-state index is 0.435. The van der Waals surface area contributed by atoms with Gasteiger partial charge in [0.15, 0.2) is 0 Å². The Bertz CT molecular complexity index is 1110. The average Bonchev–Trinajstić information content (AvgIpc) is 3.35. The number of hydrogen-bond acceptors (Lipinski definition) is 3. The van der Waals surface area contributed by atoms with E-state index in [0.717, 1.165) is 34.1 Å². The van der Waals surface area contributed by atoms with Gasteiger partial charge < -0.3 is 0 Å². The predicted molar refractivity (Wildman–Crippen MR) is 175 cm³/mol. The van der Waals surface area contributed by atoms with Crippen LogP contribution in [0, 0.1) is 0 Å². The molecule has 0 bridgehead atoms. The zero-order valence-electron chi connectivity index (χ0n) is 24.3. The molecule has 0 atom stereocenters. The normalized spacial score (nSPS) is 12.6. The standard InChI is InChI=1S/C32H42N2S.2BrH.Fe/c1-19(2)25-13-11-14-26(20(3)4)31(25)33-23(9)29-17-18-30(35-29)24(10)34-32-27(21(5)6)15-12-16-28(32)22(7)8;;;/h11-22H,1-10H3;2*1H;/q;;;+2/p-2. The van der Waals surface area contributed by atoms with Crippen molar-refractivity contribution in [3.8, 4) is 0 Å². The quantitative estimate of drug-likeness (QED) is 0.165. The summed E-state index contributed by atoms with van der Waals surface area (Å²) in [5.41, 5.74) is 9.68. The second kappa shape index (κ2) is 15.7. The first-order chi connectivity index (χ1) is 17.9. The van der Waals surface area contributed by atoms with Crippen LogP contribution < -0.4 is 0 Å². The molecule has 0 fully saturated rings. The van der Waals surface area contributed by atoms with E-state index in [-0.39, 0.29) is 0 Å². The Morgan fingerprint density at radius 2 is 0.842 bits per heavy atom. The van der Waals surface area contributed by atoms with Crippen LogP contribution in [0.15, 0.2) is 58.5 Å². The summed E-state index contributed by atoms with van der Waals surface area (Å²) in [5.74, 6) is 1.74. The molecule has 0 aliphatic carbocycles. The first-order valence-corrected chi connectivity index (χ1v) is 19.5. The fourth-order valence-corrected chi connectivity index (χ4v) is 5.35. The summed E-state index contributed by atoms with van der Waals surface area (Å²) >= 11 is 8.78. The van der Waals surface area contributed by atoms with Gasteiger partial charge in [-0.05, 0) is 71.9 Å². The van der Waals surface area contributed by atoms with Crippen molar-refractivity contribution in [2.45, 2.75) is 92.9 Å². The molecule has 0 unspecified atom stereocenters. The van der Waals surface area contributed by atoms with E-state index < -0.39 is 0 Å². The van der Waals surface area contributed by atoms with Gasteiger partial charge >= 0.3 is 39.6 Å². The van der Waals surface area contributed by atoms with Crippen molar-refractivity contribution in [1.82, 2.24) is 0 Å². The molecule has 0 amide bonds. The molecule has 2 aromatic carbocycles. The first-order valence-electron chi connectivity index (χ1n) is 13.2. The van der Waals surface area contributed by atoms with Crippen LogP contribution in [-0.4, -0.2) is 11.4 Å². The van der Waals surface area contributed by atoms with Crippen LogP contribution in [0.1, 0.15) is 125 Å². The van der Waals surface area contributed by atoms with Gasteiger partial charge in [-0.2, -0.15) is 0 Å². The number of aliphatic imine (C=N–C) groups is 2. The van der Waals surface area contributed by atoms with Gasteiger partial charge in [-0.25, -0.2) is 0 Å². The predicted octanol–water partition coefficient (Wildman–Crippen LogP) is 12.2. The third kappa shape index (κ3) is 8.73. The number of para-hydroxylation sites is 2. The fraction of sp³-hybridized carbons (Fsp3) is 0.438. The van der Waals surface area contributed by atoms with Crippen LogP contribution in [0.3, 0.4) is 0 Å². The molecule has 0 spiro atoms. The molecule has 0 radical (unpaired) electrons. The fourth-order valence-electron chi connectivity index (χ4n) is 4.45. The SMILES string of the molecule is CC(=Nc1c(C(C)C)cccc1C(C)C)c1ccc(C(C)=Nc2c(C(C)C)cccc2C(C)C)s1.[Br][Fe][Br]. The van der Waals surface area contributed by atoms with E-state index in [4.69, 9.17) is 9.98 Å². The zero-order chi connectivity index (χ0) is 28.6. The molecule has 1 aromatic heterocycles. The number of rotatable bonds is 8. The number of hydrogen-bond donors (Lipinski definition) is 0. The van der Waals surface area contributed by atoms with Gasteiger partial charge in [0.25, 0.3) is 0 Å². The van der Waals surface area contributed by atoms with E-state index in [1.54, 1.807) is 11.3 Å². The van der Waals surface area contributed by atoms with E-state index in [1.807, 2.05) is 0 Å². The van der Waals surface area contributed by atoms with E-state index in [2.05, 4.69) is 146 Å². The van der Waals surface area contributed by atoms with Crippen molar-refractivity contribution >= 4 is 62.4 Å². The van der Waals surface area contributed by atoms with Gasteiger partial charge in [0.1, 0.15) is 0 Å². The van der Waals surface area contributed by atoms with Crippen molar-refractivity contribution < 1.29 is 11.3 Å². The van der Waals surface area contributed by atoms with Gasteiger partial charge in [0, 0.05) is 9.75 Å². The Balaban J connectivity index is 0.00000161. The molecule has 0 aliphatic heterocycles. The van der Waals surface area contributed by atoms with Crippen molar-refractivity contribution in [2.24, 2.45) is 9.98 Å². The number of benzene rings is 2. The summed E-state index contributed by atoms with van der Waals surface area (Å²) in [6.45, 7) is 22.2. The molecule has 208 valence electrons. The molecule has 0 saturated carbocycles. The van der Waals surface area contributed by atoms with Crippen LogP contribution in [-0.2, 0) is 11.3 Å². The van der Waals surface area contributed by atoms with Crippen LogP contribution in [0.2, 0.25) is 0 Å². The average molecular weight is 702 g/mol. The molecular weight excluding hydrogens is 660 g/mol. The van der Waals surface area contributed by atoms with Gasteiger partial charge in [0.2, 0.25) is 0 Å². The molecule has 0 saturated heterocycles. The van der Waals surface area contributed by atoms with Crippen LogP contribution >= 0.6 is 39.6 Å². The van der Waals surface area contributed by atoms with Crippen molar-refractivity contribution in [1.29, 1.82) is 0 Å².